The molecule has 1 amide bonds. The van der Waals surface area contributed by atoms with Gasteiger partial charge in [0.2, 0.25) is 5.91 Å². The number of quaternary nitrogens is 1. The summed E-state index contributed by atoms with van der Waals surface area (Å²) in [7, 11) is 1.15. The fourth-order valence-corrected chi connectivity index (χ4v) is 9.81. The summed E-state index contributed by atoms with van der Waals surface area (Å²) in [6, 6.07) is -0.913. The zero-order valence-electron chi connectivity index (χ0n) is 53.2. The van der Waals surface area contributed by atoms with Gasteiger partial charge in [0.15, 0.2) is 0 Å². The summed E-state index contributed by atoms with van der Waals surface area (Å²) < 4.78 is 30.3. The third kappa shape index (κ3) is 61.1. The van der Waals surface area contributed by atoms with Crippen molar-refractivity contribution in [2.45, 2.75) is 290 Å². The minimum Gasteiger partial charge on any atom is -0.756 e. The van der Waals surface area contributed by atoms with Crippen LogP contribution in [0.15, 0.2) is 109 Å². The van der Waals surface area contributed by atoms with Crippen molar-refractivity contribution < 1.29 is 37.3 Å². The summed E-state index contributed by atoms with van der Waals surface area (Å²) in [6.07, 6.45) is 82.1. The van der Waals surface area contributed by atoms with Crippen molar-refractivity contribution in [2.24, 2.45) is 0 Å². The highest BCUT2D eigenvalue weighted by molar-refractivity contribution is 7.45. The highest BCUT2D eigenvalue weighted by Gasteiger charge is 2.27. The van der Waals surface area contributed by atoms with E-state index >= 15 is 0 Å². The maximum Gasteiger partial charge on any atom is 0.306 e. The van der Waals surface area contributed by atoms with Gasteiger partial charge in [-0.1, -0.05) is 259 Å². The Labute approximate surface area is 500 Å². The minimum atomic E-state index is -4.72. The lowest BCUT2D eigenvalue weighted by Crippen LogP contribution is -2.47. The van der Waals surface area contributed by atoms with Gasteiger partial charge in [0.1, 0.15) is 19.3 Å². The zero-order valence-corrected chi connectivity index (χ0v) is 54.1. The molecule has 0 aliphatic carbocycles. The molecule has 0 aromatic carbocycles. The van der Waals surface area contributed by atoms with Gasteiger partial charge >= 0.3 is 5.97 Å². The molecule has 0 aromatic heterocycles. The van der Waals surface area contributed by atoms with E-state index in [9.17, 15) is 19.0 Å². The van der Waals surface area contributed by atoms with Crippen LogP contribution in [0.25, 0.3) is 0 Å². The Balaban J connectivity index is 5.15. The standard InChI is InChI=1S/C71H125N2O7P/c1-7-10-13-16-19-22-25-27-29-31-33-34-35-36-37-38-40-42-44-46-49-52-55-58-61-64-71(75)80-69(62-59-56-53-50-47-24-21-18-15-12-9-3)68(67-79-81(76,77)78-66-65-73(4,5)6)72-70(74)63-60-57-54-51-48-45-43-41-39-32-30-28-26-23-20-17-14-11-8-2/h11,14,19-20,22-23,27-30,33-34,39,41,45,48,59,62,68-69H,7-10,12-13,15-18,21,24-26,31-32,35-38,40,42-44,46-47,49-58,60-61,63-67H2,1-6H3,(H-,72,74,76,77)/b14-11-,22-19-,23-20-,29-27-,30-28-,34-33-,41-39-,48-45-,62-59-. The van der Waals surface area contributed by atoms with E-state index in [0.717, 1.165) is 109 Å². The highest BCUT2D eigenvalue weighted by atomic mass is 31.2. The molecule has 0 fully saturated rings. The third-order valence-corrected chi connectivity index (χ3v) is 15.2. The molecule has 0 saturated carbocycles. The maximum atomic E-state index is 13.5. The summed E-state index contributed by atoms with van der Waals surface area (Å²) in [5.41, 5.74) is 0. The number of nitrogens with zero attached hydrogens (tertiary/aromatic N) is 1. The van der Waals surface area contributed by atoms with Gasteiger partial charge in [-0.15, -0.1) is 0 Å². The molecule has 0 heterocycles. The topological polar surface area (TPSA) is 114 Å². The minimum absolute atomic E-state index is 0.0342. The molecule has 0 radical (unpaired) electrons. The molecule has 0 aromatic rings. The lowest BCUT2D eigenvalue weighted by molar-refractivity contribution is -0.870. The monoisotopic (exact) mass is 1150 g/mol. The number of nitrogens with one attached hydrogen (secondary N) is 1. The first-order valence-corrected chi connectivity index (χ1v) is 34.7. The number of hydrogen-bond donors (Lipinski definition) is 1. The number of rotatable bonds is 59. The molecular formula is C71H125N2O7P. The Morgan fingerprint density at radius 1 is 0.444 bits per heavy atom. The molecule has 0 bridgehead atoms. The van der Waals surface area contributed by atoms with Crippen LogP contribution in [0.4, 0.5) is 0 Å². The molecular weight excluding hydrogens is 1020 g/mol. The van der Waals surface area contributed by atoms with Crippen LogP contribution < -0.4 is 10.2 Å². The van der Waals surface area contributed by atoms with Crippen LogP contribution in [-0.4, -0.2) is 69.4 Å². The number of amides is 1. The normalized spacial score (nSPS) is 14.3. The number of carbonyl (C=O) groups excluding carboxylic acids is 2. The Morgan fingerprint density at radius 2 is 0.790 bits per heavy atom. The summed E-state index contributed by atoms with van der Waals surface area (Å²) in [6.45, 7) is 6.67. The van der Waals surface area contributed by atoms with Gasteiger partial charge in [0.25, 0.3) is 7.82 Å². The van der Waals surface area contributed by atoms with E-state index in [-0.39, 0.29) is 31.3 Å². The lowest BCUT2D eigenvalue weighted by atomic mass is 10.0. The number of likely N-dealkylation sites (N-methyl/N-ethyl adjacent to an activating group) is 1. The molecule has 81 heavy (non-hydrogen) atoms. The van der Waals surface area contributed by atoms with Crippen molar-refractivity contribution in [1.29, 1.82) is 0 Å². The van der Waals surface area contributed by atoms with Crippen LogP contribution in [0, 0.1) is 0 Å². The molecule has 0 aliphatic rings. The van der Waals surface area contributed by atoms with Gasteiger partial charge in [0.05, 0.1) is 33.8 Å². The molecule has 9 nitrogen and oxygen atoms in total. The van der Waals surface area contributed by atoms with Crippen LogP contribution in [0.1, 0.15) is 278 Å². The Bertz CT molecular complexity index is 1750. The number of ether oxygens (including phenoxy) is 1. The second-order valence-electron chi connectivity index (χ2n) is 23.2. The second-order valence-corrected chi connectivity index (χ2v) is 24.6. The van der Waals surface area contributed by atoms with E-state index in [4.69, 9.17) is 13.8 Å². The molecule has 3 unspecified atom stereocenters. The Hall–Kier alpha value is -3.33. The average Bonchev–Trinajstić information content (AvgIpc) is 3.43. The van der Waals surface area contributed by atoms with Gasteiger partial charge in [-0.2, -0.15) is 0 Å². The van der Waals surface area contributed by atoms with Crippen molar-refractivity contribution in [2.75, 3.05) is 40.9 Å². The largest absolute Gasteiger partial charge is 0.756 e. The fraction of sp³-hybridized carbons (Fsp3) is 0.718. The van der Waals surface area contributed by atoms with Gasteiger partial charge in [-0.25, -0.2) is 0 Å². The van der Waals surface area contributed by atoms with Gasteiger partial charge in [0, 0.05) is 12.8 Å². The molecule has 1 N–H and O–H groups in total. The maximum absolute atomic E-state index is 13.5. The lowest BCUT2D eigenvalue weighted by Gasteiger charge is -2.30. The summed E-state index contributed by atoms with van der Waals surface area (Å²) in [5, 5.41) is 3.01. The van der Waals surface area contributed by atoms with Crippen LogP contribution in [0.5, 0.6) is 0 Å². The Morgan fingerprint density at radius 3 is 1.22 bits per heavy atom. The summed E-state index contributed by atoms with van der Waals surface area (Å²) in [4.78, 5) is 40.1. The van der Waals surface area contributed by atoms with E-state index in [1.54, 1.807) is 0 Å². The average molecular weight is 1150 g/mol. The predicted molar refractivity (Wildman–Crippen MR) is 348 cm³/mol. The zero-order chi connectivity index (χ0) is 59.3. The number of carbonyl (C=O) groups is 2. The van der Waals surface area contributed by atoms with E-state index in [0.29, 0.717) is 17.4 Å². The smallest absolute Gasteiger partial charge is 0.306 e. The van der Waals surface area contributed by atoms with Crippen molar-refractivity contribution >= 4 is 19.7 Å². The van der Waals surface area contributed by atoms with E-state index in [1.807, 2.05) is 33.3 Å². The van der Waals surface area contributed by atoms with Crippen molar-refractivity contribution in [1.82, 2.24) is 5.32 Å². The molecule has 0 saturated heterocycles. The summed E-state index contributed by atoms with van der Waals surface area (Å²) in [5.74, 6) is -0.583. The van der Waals surface area contributed by atoms with Crippen LogP contribution in [0.2, 0.25) is 0 Å². The van der Waals surface area contributed by atoms with Crippen LogP contribution in [0.3, 0.4) is 0 Å². The van der Waals surface area contributed by atoms with Gasteiger partial charge in [-0.3, -0.25) is 14.2 Å². The first kappa shape index (κ1) is 77.7. The van der Waals surface area contributed by atoms with Crippen molar-refractivity contribution in [3.8, 4) is 0 Å². The molecule has 466 valence electrons. The van der Waals surface area contributed by atoms with Gasteiger partial charge < -0.3 is 28.5 Å². The van der Waals surface area contributed by atoms with E-state index < -0.39 is 26.6 Å². The van der Waals surface area contributed by atoms with Crippen molar-refractivity contribution in [3.63, 3.8) is 0 Å². The molecule has 0 spiro atoms. The third-order valence-electron chi connectivity index (χ3n) is 14.2. The van der Waals surface area contributed by atoms with Gasteiger partial charge in [-0.05, 0) is 115 Å². The SMILES string of the molecule is CC/C=C\C/C=C\C/C=C\C/C=C\C/C=C\CCCCCC(=O)NC(COP(=O)([O-])OCC[N+](C)(C)C)C(/C=C\CCCCCCCCCCC)OC(=O)CCCCCCCCCCCCCC/C=C\C/C=C\C/C=C\CCCCC. The first-order valence-electron chi connectivity index (χ1n) is 33.2. The number of unbranched alkanes of at least 4 members (excludes halogenated alkanes) is 27. The predicted octanol–water partition coefficient (Wildman–Crippen LogP) is 20.3. The van der Waals surface area contributed by atoms with E-state index in [1.165, 1.54) is 128 Å². The molecule has 3 atom stereocenters. The summed E-state index contributed by atoms with van der Waals surface area (Å²) >= 11 is 0. The molecule has 0 aliphatic heterocycles. The number of allylic oxidation sites excluding steroid dienone is 17. The quantitative estimate of drug-likeness (QED) is 0.0212. The first-order chi connectivity index (χ1) is 39.4. The number of phosphoric ester groups is 1. The van der Waals surface area contributed by atoms with Crippen LogP contribution >= 0.6 is 7.82 Å². The van der Waals surface area contributed by atoms with E-state index in [2.05, 4.69) is 123 Å². The second kappa shape index (κ2) is 59.8. The molecule has 0 rings (SSSR count). The number of esters is 1. The number of hydrogen-bond acceptors (Lipinski definition) is 7. The number of phosphoric acid groups is 1. The van der Waals surface area contributed by atoms with Crippen LogP contribution in [-0.2, 0) is 27.9 Å². The molecule has 10 heteroatoms. The Kier molecular flexibility index (Phi) is 57.4. The fourth-order valence-electron chi connectivity index (χ4n) is 9.08. The van der Waals surface area contributed by atoms with Crippen molar-refractivity contribution in [3.05, 3.63) is 109 Å². The highest BCUT2D eigenvalue weighted by Crippen LogP contribution is 2.38.